The van der Waals surface area contributed by atoms with Gasteiger partial charge in [-0.1, -0.05) is 18.9 Å². The number of hydrogen-bond donors (Lipinski definition) is 0. The molecule has 3 heterocycles. The van der Waals surface area contributed by atoms with Crippen LogP contribution in [0.5, 0.6) is 0 Å². The Morgan fingerprint density at radius 3 is 2.62 bits per heavy atom. The third-order valence-electron chi connectivity index (χ3n) is 5.75. The van der Waals surface area contributed by atoms with E-state index in [1.165, 1.54) is 57.4 Å². The number of pyridine rings is 1. The maximum atomic E-state index is 5.45. The Hall–Kier alpha value is -0.970. The van der Waals surface area contributed by atoms with Gasteiger partial charge in [-0.3, -0.25) is 9.88 Å². The molecule has 0 N–H and O–H groups in total. The van der Waals surface area contributed by atoms with Crippen molar-refractivity contribution in [2.24, 2.45) is 5.92 Å². The first-order valence-corrected chi connectivity index (χ1v) is 9.78. The van der Waals surface area contributed by atoms with Gasteiger partial charge in [-0.25, -0.2) is 0 Å². The van der Waals surface area contributed by atoms with Gasteiger partial charge in [0.15, 0.2) is 0 Å². The minimum Gasteiger partial charge on any atom is -0.381 e. The average molecular weight is 332 g/mol. The molecular formula is C20H33N3O. The number of piperazine rings is 1. The molecule has 0 spiro atoms. The minimum atomic E-state index is 0.432. The molecule has 0 radical (unpaired) electrons. The van der Waals surface area contributed by atoms with Crippen molar-refractivity contribution in [3.05, 3.63) is 30.1 Å². The fourth-order valence-electron chi connectivity index (χ4n) is 3.99. The van der Waals surface area contributed by atoms with E-state index in [0.717, 1.165) is 32.2 Å². The summed E-state index contributed by atoms with van der Waals surface area (Å²) in [6, 6.07) is 6.66. The molecule has 2 aliphatic rings. The zero-order valence-electron chi connectivity index (χ0n) is 15.2. The summed E-state index contributed by atoms with van der Waals surface area (Å²) in [4.78, 5) is 9.73. The van der Waals surface area contributed by atoms with E-state index < -0.39 is 0 Å². The lowest BCUT2D eigenvalue weighted by Crippen LogP contribution is -2.47. The number of hydrogen-bond acceptors (Lipinski definition) is 4. The van der Waals surface area contributed by atoms with Crippen LogP contribution in [0.1, 0.15) is 50.8 Å². The van der Waals surface area contributed by atoms with Crippen molar-refractivity contribution in [2.75, 3.05) is 45.9 Å². The van der Waals surface area contributed by atoms with E-state index in [0.29, 0.717) is 6.04 Å². The molecule has 2 aliphatic heterocycles. The molecule has 1 atom stereocenters. The lowest BCUT2D eigenvalue weighted by Gasteiger charge is -2.38. The number of unbranched alkanes of at least 4 members (excludes halogenated alkanes) is 1. The summed E-state index contributed by atoms with van der Waals surface area (Å²) in [7, 11) is 0. The van der Waals surface area contributed by atoms with E-state index in [-0.39, 0.29) is 0 Å². The summed E-state index contributed by atoms with van der Waals surface area (Å²) in [6.07, 6.45) is 8.61. The fourth-order valence-corrected chi connectivity index (χ4v) is 3.99. The van der Waals surface area contributed by atoms with E-state index in [2.05, 4.69) is 33.8 Å². The highest BCUT2D eigenvalue weighted by atomic mass is 16.5. The van der Waals surface area contributed by atoms with Crippen LogP contribution < -0.4 is 0 Å². The Morgan fingerprint density at radius 1 is 1.12 bits per heavy atom. The molecular weight excluding hydrogens is 298 g/mol. The number of rotatable bonds is 7. The number of aromatic nitrogens is 1. The number of ether oxygens (including phenoxy) is 1. The maximum Gasteiger partial charge on any atom is 0.0572 e. The van der Waals surface area contributed by atoms with E-state index >= 15 is 0 Å². The molecule has 2 saturated heterocycles. The summed E-state index contributed by atoms with van der Waals surface area (Å²) in [6.45, 7) is 10.3. The van der Waals surface area contributed by atoms with Crippen LogP contribution in [-0.2, 0) is 4.74 Å². The molecule has 0 saturated carbocycles. The van der Waals surface area contributed by atoms with Crippen LogP contribution in [-0.4, -0.2) is 60.7 Å². The molecule has 1 aromatic heterocycles. The molecule has 0 amide bonds. The smallest absolute Gasteiger partial charge is 0.0572 e. The van der Waals surface area contributed by atoms with Gasteiger partial charge in [-0.05, 0) is 50.8 Å². The van der Waals surface area contributed by atoms with Crippen molar-refractivity contribution < 1.29 is 4.74 Å². The lowest BCUT2D eigenvalue weighted by molar-refractivity contribution is 0.0622. The predicted octanol–water partition coefficient (Wildman–Crippen LogP) is 3.36. The van der Waals surface area contributed by atoms with Gasteiger partial charge < -0.3 is 9.64 Å². The Bertz CT molecular complexity index is 453. The molecule has 0 aliphatic carbocycles. The quantitative estimate of drug-likeness (QED) is 0.716. The van der Waals surface area contributed by atoms with Crippen molar-refractivity contribution >= 4 is 0 Å². The van der Waals surface area contributed by atoms with E-state index in [1.54, 1.807) is 0 Å². The van der Waals surface area contributed by atoms with E-state index in [1.807, 2.05) is 12.3 Å². The molecule has 24 heavy (non-hydrogen) atoms. The van der Waals surface area contributed by atoms with Crippen LogP contribution in [0.2, 0.25) is 0 Å². The zero-order chi connectivity index (χ0) is 16.6. The summed E-state index contributed by atoms with van der Waals surface area (Å²) < 4.78 is 5.45. The molecule has 3 rings (SSSR count). The predicted molar refractivity (Wildman–Crippen MR) is 98.1 cm³/mol. The van der Waals surface area contributed by atoms with Crippen molar-refractivity contribution in [3.8, 4) is 0 Å². The van der Waals surface area contributed by atoms with Crippen LogP contribution in [0.3, 0.4) is 0 Å². The summed E-state index contributed by atoms with van der Waals surface area (Å²) in [5, 5.41) is 0. The second kappa shape index (κ2) is 9.50. The maximum absolute atomic E-state index is 5.45. The summed E-state index contributed by atoms with van der Waals surface area (Å²) >= 11 is 0. The van der Waals surface area contributed by atoms with Gasteiger partial charge in [0, 0.05) is 51.6 Å². The Kier molecular flexibility index (Phi) is 7.06. The first-order chi connectivity index (χ1) is 11.8. The van der Waals surface area contributed by atoms with Gasteiger partial charge in [0.25, 0.3) is 0 Å². The zero-order valence-corrected chi connectivity index (χ0v) is 15.2. The lowest BCUT2D eigenvalue weighted by atomic mass is 9.94. The summed E-state index contributed by atoms with van der Waals surface area (Å²) in [5.41, 5.74) is 1.20. The highest BCUT2D eigenvalue weighted by Crippen LogP contribution is 2.22. The van der Waals surface area contributed by atoms with Crippen LogP contribution in [0.4, 0.5) is 0 Å². The van der Waals surface area contributed by atoms with Crippen LogP contribution in [0.25, 0.3) is 0 Å². The van der Waals surface area contributed by atoms with Crippen molar-refractivity contribution in [3.63, 3.8) is 0 Å². The van der Waals surface area contributed by atoms with Crippen LogP contribution in [0.15, 0.2) is 24.4 Å². The van der Waals surface area contributed by atoms with Gasteiger partial charge in [0.2, 0.25) is 0 Å². The van der Waals surface area contributed by atoms with Crippen molar-refractivity contribution in [1.82, 2.24) is 14.8 Å². The topological polar surface area (TPSA) is 28.6 Å². The molecule has 1 unspecified atom stereocenters. The molecule has 4 nitrogen and oxygen atoms in total. The Balaban J connectivity index is 1.30. The molecule has 0 bridgehead atoms. The molecule has 2 fully saturated rings. The van der Waals surface area contributed by atoms with Gasteiger partial charge in [0.1, 0.15) is 0 Å². The monoisotopic (exact) mass is 331 g/mol. The first kappa shape index (κ1) is 17.8. The van der Waals surface area contributed by atoms with Crippen LogP contribution in [0, 0.1) is 5.92 Å². The minimum absolute atomic E-state index is 0.432. The third-order valence-corrected chi connectivity index (χ3v) is 5.75. The molecule has 1 aromatic rings. The SMILES string of the molecule is CC(c1ccccn1)N1CCN(CCCCC2CCOCC2)CC1. The van der Waals surface area contributed by atoms with Gasteiger partial charge >= 0.3 is 0 Å². The second-order valence-corrected chi connectivity index (χ2v) is 7.36. The first-order valence-electron chi connectivity index (χ1n) is 9.78. The molecule has 0 aromatic carbocycles. The van der Waals surface area contributed by atoms with Gasteiger partial charge in [-0.15, -0.1) is 0 Å². The third kappa shape index (κ3) is 5.27. The normalized spacial score (nSPS) is 22.5. The van der Waals surface area contributed by atoms with Gasteiger partial charge in [0.05, 0.1) is 5.69 Å². The van der Waals surface area contributed by atoms with E-state index in [9.17, 15) is 0 Å². The number of nitrogens with zero attached hydrogens (tertiary/aromatic N) is 3. The standard InChI is InChI=1S/C20H33N3O/c1-18(20-7-2-4-10-21-20)23-14-12-22(13-15-23)11-5-3-6-19-8-16-24-17-9-19/h2,4,7,10,18-19H,3,5-6,8-9,11-17H2,1H3. The van der Waals surface area contributed by atoms with Crippen molar-refractivity contribution in [1.29, 1.82) is 0 Å². The Morgan fingerprint density at radius 2 is 1.92 bits per heavy atom. The molecule has 134 valence electrons. The van der Waals surface area contributed by atoms with Crippen molar-refractivity contribution in [2.45, 2.75) is 45.1 Å². The van der Waals surface area contributed by atoms with Crippen LogP contribution >= 0.6 is 0 Å². The average Bonchev–Trinajstić information content (AvgIpc) is 2.67. The molecule has 4 heteroatoms. The highest BCUT2D eigenvalue weighted by Gasteiger charge is 2.22. The highest BCUT2D eigenvalue weighted by molar-refractivity contribution is 5.08. The Labute approximate surface area is 147 Å². The second-order valence-electron chi connectivity index (χ2n) is 7.36. The largest absolute Gasteiger partial charge is 0.381 e. The van der Waals surface area contributed by atoms with Gasteiger partial charge in [-0.2, -0.15) is 0 Å². The van der Waals surface area contributed by atoms with E-state index in [4.69, 9.17) is 4.74 Å². The fraction of sp³-hybridized carbons (Fsp3) is 0.750. The summed E-state index contributed by atoms with van der Waals surface area (Å²) in [5.74, 6) is 0.926.